The van der Waals surface area contributed by atoms with Gasteiger partial charge in [-0.2, -0.15) is 0 Å². The van der Waals surface area contributed by atoms with Gasteiger partial charge in [-0.15, -0.1) is 0 Å². The Labute approximate surface area is 56.3 Å². The molecule has 0 fully saturated rings. The summed E-state index contributed by atoms with van der Waals surface area (Å²) in [5, 5.41) is 0.128. The van der Waals surface area contributed by atoms with Gasteiger partial charge in [0, 0.05) is 0 Å². The molecule has 0 N–H and O–H groups in total. The third-order valence-electron chi connectivity index (χ3n) is 0.553. The van der Waals surface area contributed by atoms with Crippen LogP contribution in [0.5, 0.6) is 0 Å². The molecule has 0 unspecified atom stereocenters. The Morgan fingerprint density at radius 2 is 1.38 bits per heavy atom. The molecular formula is C4H2Cl2O2. The molecule has 0 radical (unpaired) electrons. The molecular weight excluding hydrogens is 151 g/mol. The Bertz CT molecular complexity index is 134. The summed E-state index contributed by atoms with van der Waals surface area (Å²) in [4.78, 5) is 0. The number of rotatable bonds is 0. The third kappa shape index (κ3) is 1.08. The van der Waals surface area contributed by atoms with E-state index >= 15 is 0 Å². The topological polar surface area (TPSA) is 18.5 Å². The summed E-state index contributed by atoms with van der Waals surface area (Å²) >= 11 is 10.6. The fourth-order valence-electron chi connectivity index (χ4n) is 0.268. The second kappa shape index (κ2) is 2.29. The highest BCUT2D eigenvalue weighted by molar-refractivity contribution is 6.37. The Balaban J connectivity index is 2.67. The van der Waals surface area contributed by atoms with E-state index in [9.17, 15) is 0 Å². The second-order valence-electron chi connectivity index (χ2n) is 1.06. The number of ether oxygens (including phenoxy) is 2. The largest absolute Gasteiger partial charge is 0.445 e. The fraction of sp³-hybridized carbons (Fsp3) is 0. The van der Waals surface area contributed by atoms with E-state index in [0.29, 0.717) is 0 Å². The van der Waals surface area contributed by atoms with Crippen molar-refractivity contribution >= 4 is 23.2 Å². The summed E-state index contributed by atoms with van der Waals surface area (Å²) < 4.78 is 9.20. The smallest absolute Gasteiger partial charge is 0.248 e. The molecule has 0 aromatic carbocycles. The molecule has 1 aliphatic heterocycles. The predicted molar refractivity (Wildman–Crippen MR) is 30.0 cm³/mol. The van der Waals surface area contributed by atoms with Crippen molar-refractivity contribution in [2.45, 2.75) is 0 Å². The zero-order valence-electron chi connectivity index (χ0n) is 3.73. The van der Waals surface area contributed by atoms with Gasteiger partial charge in [-0.1, -0.05) is 0 Å². The van der Waals surface area contributed by atoms with Crippen LogP contribution in [0, 0.1) is 0 Å². The molecule has 44 valence electrons. The van der Waals surface area contributed by atoms with Gasteiger partial charge < -0.3 is 9.47 Å². The molecule has 1 rings (SSSR count). The molecule has 0 aromatic heterocycles. The van der Waals surface area contributed by atoms with Crippen molar-refractivity contribution in [3.63, 3.8) is 0 Å². The van der Waals surface area contributed by atoms with Crippen molar-refractivity contribution in [2.24, 2.45) is 0 Å². The average molecular weight is 153 g/mol. The first-order chi connectivity index (χ1) is 3.80. The highest BCUT2D eigenvalue weighted by atomic mass is 35.5. The second-order valence-corrected chi connectivity index (χ2v) is 1.74. The Kier molecular flexibility index (Phi) is 1.65. The summed E-state index contributed by atoms with van der Waals surface area (Å²) in [5.41, 5.74) is 0. The highest BCUT2D eigenvalue weighted by Crippen LogP contribution is 2.20. The molecule has 0 saturated carbocycles. The zero-order valence-corrected chi connectivity index (χ0v) is 5.24. The molecule has 2 nitrogen and oxygen atoms in total. The number of halogens is 2. The molecule has 1 heterocycles. The van der Waals surface area contributed by atoms with Crippen LogP contribution in [0.4, 0.5) is 0 Å². The van der Waals surface area contributed by atoms with Gasteiger partial charge in [0.15, 0.2) is 0 Å². The van der Waals surface area contributed by atoms with E-state index in [2.05, 4.69) is 9.47 Å². The summed E-state index contributed by atoms with van der Waals surface area (Å²) in [6.45, 7) is 0. The standard InChI is InChI=1S/C4H2Cl2O2/c5-3-4(6)8-2-1-7-3/h1-2H. The van der Waals surface area contributed by atoms with Gasteiger partial charge in [0.1, 0.15) is 12.5 Å². The van der Waals surface area contributed by atoms with Crippen molar-refractivity contribution in [3.8, 4) is 0 Å². The molecule has 0 saturated heterocycles. The minimum absolute atomic E-state index is 0.0640. The maximum absolute atomic E-state index is 5.32. The SMILES string of the molecule is ClC1=C(Cl)OC=CO1. The molecule has 0 spiro atoms. The Morgan fingerprint density at radius 3 is 1.62 bits per heavy atom. The molecule has 1 aliphatic rings. The highest BCUT2D eigenvalue weighted by Gasteiger charge is 2.04. The maximum atomic E-state index is 5.32. The first-order valence-corrected chi connectivity index (χ1v) is 2.60. The first kappa shape index (κ1) is 5.79. The average Bonchev–Trinajstić information content (AvgIpc) is 1.77. The van der Waals surface area contributed by atoms with Crippen LogP contribution in [0.25, 0.3) is 0 Å². The normalized spacial score (nSPS) is 17.8. The van der Waals surface area contributed by atoms with E-state index in [1.165, 1.54) is 12.5 Å². The van der Waals surface area contributed by atoms with Crippen LogP contribution in [0.1, 0.15) is 0 Å². The number of hydrogen-bond acceptors (Lipinski definition) is 2. The van der Waals surface area contributed by atoms with E-state index in [1.54, 1.807) is 0 Å². The van der Waals surface area contributed by atoms with E-state index in [4.69, 9.17) is 23.2 Å². The van der Waals surface area contributed by atoms with Crippen LogP contribution < -0.4 is 0 Å². The van der Waals surface area contributed by atoms with Gasteiger partial charge in [0.25, 0.3) is 0 Å². The third-order valence-corrected chi connectivity index (χ3v) is 1.17. The van der Waals surface area contributed by atoms with Crippen molar-refractivity contribution in [1.29, 1.82) is 0 Å². The van der Waals surface area contributed by atoms with Crippen LogP contribution in [0.2, 0.25) is 0 Å². The van der Waals surface area contributed by atoms with Crippen LogP contribution in [-0.2, 0) is 9.47 Å². The van der Waals surface area contributed by atoms with Gasteiger partial charge >= 0.3 is 0 Å². The van der Waals surface area contributed by atoms with Crippen molar-refractivity contribution < 1.29 is 9.47 Å². The Morgan fingerprint density at radius 1 is 1.00 bits per heavy atom. The molecule has 8 heavy (non-hydrogen) atoms. The summed E-state index contributed by atoms with van der Waals surface area (Å²) in [7, 11) is 0. The lowest BCUT2D eigenvalue weighted by Crippen LogP contribution is -1.88. The summed E-state index contributed by atoms with van der Waals surface area (Å²) in [5.74, 6) is 0. The molecule has 4 heteroatoms. The van der Waals surface area contributed by atoms with E-state index in [1.807, 2.05) is 0 Å². The van der Waals surface area contributed by atoms with Crippen molar-refractivity contribution in [3.05, 3.63) is 23.0 Å². The van der Waals surface area contributed by atoms with Gasteiger partial charge in [-0.05, 0) is 23.2 Å². The van der Waals surface area contributed by atoms with Gasteiger partial charge in [0.2, 0.25) is 10.4 Å². The monoisotopic (exact) mass is 152 g/mol. The van der Waals surface area contributed by atoms with Crippen molar-refractivity contribution in [1.82, 2.24) is 0 Å². The Hall–Kier alpha value is -0.340. The van der Waals surface area contributed by atoms with Crippen LogP contribution in [-0.4, -0.2) is 0 Å². The minimum Gasteiger partial charge on any atom is -0.445 e. The number of hydrogen-bond donors (Lipinski definition) is 0. The van der Waals surface area contributed by atoms with Crippen molar-refractivity contribution in [2.75, 3.05) is 0 Å². The van der Waals surface area contributed by atoms with Crippen LogP contribution in [0.15, 0.2) is 23.0 Å². The molecule has 0 amide bonds. The molecule has 0 aromatic rings. The predicted octanol–water partition coefficient (Wildman–Crippen LogP) is 2.11. The maximum Gasteiger partial charge on any atom is 0.248 e. The fourth-order valence-corrected chi connectivity index (χ4v) is 0.460. The van der Waals surface area contributed by atoms with E-state index in [-0.39, 0.29) is 10.4 Å². The lowest BCUT2D eigenvalue weighted by Gasteiger charge is -2.04. The molecule has 0 bridgehead atoms. The quantitative estimate of drug-likeness (QED) is 0.530. The van der Waals surface area contributed by atoms with Gasteiger partial charge in [0.05, 0.1) is 0 Å². The van der Waals surface area contributed by atoms with E-state index < -0.39 is 0 Å². The summed E-state index contributed by atoms with van der Waals surface area (Å²) in [6, 6.07) is 0. The van der Waals surface area contributed by atoms with Gasteiger partial charge in [-0.25, -0.2) is 0 Å². The molecule has 0 atom stereocenters. The lowest BCUT2D eigenvalue weighted by molar-refractivity contribution is 0.268. The minimum atomic E-state index is 0.0640. The molecule has 0 aliphatic carbocycles. The first-order valence-electron chi connectivity index (χ1n) is 1.84. The van der Waals surface area contributed by atoms with E-state index in [0.717, 1.165) is 0 Å². The van der Waals surface area contributed by atoms with Crippen LogP contribution in [0.3, 0.4) is 0 Å². The summed E-state index contributed by atoms with van der Waals surface area (Å²) in [6.07, 6.45) is 2.60. The zero-order chi connectivity index (χ0) is 5.98. The van der Waals surface area contributed by atoms with Crippen LogP contribution >= 0.6 is 23.2 Å². The lowest BCUT2D eigenvalue weighted by atomic mass is 10.9. The van der Waals surface area contributed by atoms with Gasteiger partial charge in [-0.3, -0.25) is 0 Å².